The molecule has 3 aromatic carbocycles. The van der Waals surface area contributed by atoms with Gasteiger partial charge >= 0.3 is 0 Å². The average molecular weight is 446 g/mol. The van der Waals surface area contributed by atoms with Crippen LogP contribution in [0.5, 0.6) is 5.75 Å². The topological polar surface area (TPSA) is 87.4 Å². The minimum absolute atomic E-state index is 0.0300. The molecule has 0 aliphatic heterocycles. The number of phenolic OH excluding ortho intramolecular Hbond substituents is 1. The highest BCUT2D eigenvalue weighted by molar-refractivity contribution is 7.80. The molecule has 0 atom stereocenters. The number of carbonyl (C=O) groups excluding carboxylic acids is 1. The first-order chi connectivity index (χ1) is 15.3. The highest BCUT2D eigenvalue weighted by atomic mass is 32.1. The molecule has 4 rings (SSSR count). The minimum atomic E-state index is -0.297. The van der Waals surface area contributed by atoms with Gasteiger partial charge in [0.2, 0.25) is 5.89 Å². The molecule has 1 heterocycles. The van der Waals surface area contributed by atoms with E-state index in [1.807, 2.05) is 38.1 Å². The van der Waals surface area contributed by atoms with E-state index in [0.717, 1.165) is 28.6 Å². The van der Waals surface area contributed by atoms with Gasteiger partial charge in [0.15, 0.2) is 10.7 Å². The number of rotatable bonds is 4. The van der Waals surface area contributed by atoms with Gasteiger partial charge in [0.1, 0.15) is 11.3 Å². The number of aryl methyl sites for hydroxylation is 3. The van der Waals surface area contributed by atoms with E-state index >= 15 is 0 Å². The van der Waals surface area contributed by atoms with Gasteiger partial charge in [0.25, 0.3) is 5.91 Å². The SMILES string of the molecule is CCc1ccc(C(=O)NC(=S)Nc2ccc(O)c(-c3nc4cc(C)cc(C)c4o3)c2)cc1. The Hall–Kier alpha value is -3.71. The summed E-state index contributed by atoms with van der Waals surface area (Å²) in [7, 11) is 0. The van der Waals surface area contributed by atoms with Crippen molar-refractivity contribution in [3.63, 3.8) is 0 Å². The predicted octanol–water partition coefficient (Wildman–Crippen LogP) is 5.51. The van der Waals surface area contributed by atoms with Gasteiger partial charge in [-0.1, -0.05) is 25.1 Å². The molecule has 4 aromatic rings. The molecule has 0 aliphatic rings. The smallest absolute Gasteiger partial charge is 0.257 e. The molecular formula is C25H23N3O3S. The van der Waals surface area contributed by atoms with E-state index in [0.29, 0.717) is 28.3 Å². The molecule has 0 unspecified atom stereocenters. The van der Waals surface area contributed by atoms with Crippen molar-refractivity contribution in [1.29, 1.82) is 0 Å². The van der Waals surface area contributed by atoms with Gasteiger partial charge in [-0.15, -0.1) is 0 Å². The summed E-state index contributed by atoms with van der Waals surface area (Å²) in [5, 5.41) is 16.2. The molecule has 0 saturated carbocycles. The monoisotopic (exact) mass is 445 g/mol. The van der Waals surface area contributed by atoms with Gasteiger partial charge in [0, 0.05) is 11.3 Å². The van der Waals surface area contributed by atoms with Crippen LogP contribution in [0.1, 0.15) is 34.0 Å². The van der Waals surface area contributed by atoms with Gasteiger partial charge in [-0.2, -0.15) is 0 Å². The fourth-order valence-corrected chi connectivity index (χ4v) is 3.72. The summed E-state index contributed by atoms with van der Waals surface area (Å²) >= 11 is 5.29. The van der Waals surface area contributed by atoms with E-state index in [1.54, 1.807) is 24.3 Å². The second kappa shape index (κ2) is 8.80. The van der Waals surface area contributed by atoms with Crippen molar-refractivity contribution in [2.75, 3.05) is 5.32 Å². The van der Waals surface area contributed by atoms with Crippen molar-refractivity contribution in [2.24, 2.45) is 0 Å². The van der Waals surface area contributed by atoms with Crippen LogP contribution in [-0.4, -0.2) is 21.1 Å². The van der Waals surface area contributed by atoms with Crippen LogP contribution in [0.15, 0.2) is 59.0 Å². The van der Waals surface area contributed by atoms with Crippen LogP contribution < -0.4 is 10.6 Å². The number of aromatic hydroxyl groups is 1. The molecule has 0 saturated heterocycles. The summed E-state index contributed by atoms with van der Waals surface area (Å²) in [6.45, 7) is 6.01. The Balaban J connectivity index is 1.53. The first-order valence-corrected chi connectivity index (χ1v) is 10.7. The Morgan fingerprint density at radius 3 is 2.56 bits per heavy atom. The molecule has 32 heavy (non-hydrogen) atoms. The molecule has 6 nitrogen and oxygen atoms in total. The third kappa shape index (κ3) is 4.48. The number of nitrogens with one attached hydrogen (secondary N) is 2. The summed E-state index contributed by atoms with van der Waals surface area (Å²) < 4.78 is 5.92. The normalized spacial score (nSPS) is 10.8. The van der Waals surface area contributed by atoms with E-state index in [-0.39, 0.29) is 16.8 Å². The van der Waals surface area contributed by atoms with Crippen LogP contribution in [0.4, 0.5) is 5.69 Å². The Morgan fingerprint density at radius 1 is 1.09 bits per heavy atom. The number of thiocarbonyl (C=S) groups is 1. The van der Waals surface area contributed by atoms with E-state index in [9.17, 15) is 9.90 Å². The molecule has 0 radical (unpaired) electrons. The lowest BCUT2D eigenvalue weighted by Gasteiger charge is -2.11. The first-order valence-electron chi connectivity index (χ1n) is 10.3. The number of nitrogens with zero attached hydrogens (tertiary/aromatic N) is 1. The third-order valence-electron chi connectivity index (χ3n) is 5.16. The molecule has 1 aromatic heterocycles. The van der Waals surface area contributed by atoms with Crippen molar-refractivity contribution >= 4 is 40.0 Å². The van der Waals surface area contributed by atoms with E-state index in [1.165, 1.54) is 6.07 Å². The molecule has 3 N–H and O–H groups in total. The Kier molecular flexibility index (Phi) is 5.92. The largest absolute Gasteiger partial charge is 0.507 e. The van der Waals surface area contributed by atoms with E-state index in [4.69, 9.17) is 16.6 Å². The van der Waals surface area contributed by atoms with Crippen molar-refractivity contribution in [3.05, 3.63) is 76.9 Å². The van der Waals surface area contributed by atoms with Crippen LogP contribution in [-0.2, 0) is 6.42 Å². The molecule has 7 heteroatoms. The van der Waals surface area contributed by atoms with E-state index < -0.39 is 0 Å². The Labute approximate surface area is 191 Å². The van der Waals surface area contributed by atoms with Crippen LogP contribution in [0, 0.1) is 13.8 Å². The van der Waals surface area contributed by atoms with Crippen LogP contribution >= 0.6 is 12.2 Å². The second-order valence-corrected chi connectivity index (χ2v) is 8.05. The molecule has 162 valence electrons. The number of fused-ring (bicyclic) bond motifs is 1. The molecule has 0 bridgehead atoms. The number of hydrogen-bond acceptors (Lipinski definition) is 5. The number of carbonyl (C=O) groups is 1. The first kappa shape index (κ1) is 21.5. The van der Waals surface area contributed by atoms with Crippen LogP contribution in [0.2, 0.25) is 0 Å². The number of anilines is 1. The van der Waals surface area contributed by atoms with Gasteiger partial charge in [0.05, 0.1) is 5.56 Å². The van der Waals surface area contributed by atoms with Gasteiger partial charge in [-0.3, -0.25) is 10.1 Å². The van der Waals surface area contributed by atoms with Gasteiger partial charge in [-0.05, 0) is 85.6 Å². The highest BCUT2D eigenvalue weighted by Crippen LogP contribution is 2.34. The quantitative estimate of drug-likeness (QED) is 0.284. The number of hydrogen-bond donors (Lipinski definition) is 3. The molecule has 0 spiro atoms. The molecule has 0 aliphatic carbocycles. The molecular weight excluding hydrogens is 422 g/mol. The lowest BCUT2D eigenvalue weighted by atomic mass is 10.1. The Morgan fingerprint density at radius 2 is 1.84 bits per heavy atom. The molecule has 0 fully saturated rings. The number of amides is 1. The van der Waals surface area contributed by atoms with E-state index in [2.05, 4.69) is 22.5 Å². The van der Waals surface area contributed by atoms with Gasteiger partial charge < -0.3 is 14.8 Å². The zero-order valence-electron chi connectivity index (χ0n) is 18.0. The van der Waals surface area contributed by atoms with Crippen molar-refractivity contribution in [2.45, 2.75) is 27.2 Å². The second-order valence-electron chi connectivity index (χ2n) is 7.64. The fraction of sp³-hybridized carbons (Fsp3) is 0.160. The highest BCUT2D eigenvalue weighted by Gasteiger charge is 2.16. The maximum Gasteiger partial charge on any atom is 0.257 e. The summed E-state index contributed by atoms with van der Waals surface area (Å²) in [6.07, 6.45) is 0.907. The lowest BCUT2D eigenvalue weighted by Crippen LogP contribution is -2.34. The number of phenols is 1. The summed E-state index contributed by atoms with van der Waals surface area (Å²) in [5.74, 6) is 0.0391. The van der Waals surface area contributed by atoms with Crippen molar-refractivity contribution in [1.82, 2.24) is 10.3 Å². The standard InChI is InChI=1S/C25H23N3O3S/c1-4-16-5-7-17(8-6-16)23(30)28-25(32)26-18-9-10-21(29)19(13-18)24-27-20-12-14(2)11-15(3)22(20)31-24/h5-13,29H,4H2,1-3H3,(H2,26,28,30,32). The maximum absolute atomic E-state index is 12.4. The molecule has 1 amide bonds. The zero-order valence-corrected chi connectivity index (χ0v) is 18.8. The predicted molar refractivity (Wildman–Crippen MR) is 130 cm³/mol. The fourth-order valence-electron chi connectivity index (χ4n) is 3.51. The number of oxazole rings is 1. The van der Waals surface area contributed by atoms with Crippen molar-refractivity contribution < 1.29 is 14.3 Å². The average Bonchev–Trinajstić information content (AvgIpc) is 3.19. The van der Waals surface area contributed by atoms with Crippen molar-refractivity contribution in [3.8, 4) is 17.2 Å². The van der Waals surface area contributed by atoms with Gasteiger partial charge in [-0.25, -0.2) is 4.98 Å². The summed E-state index contributed by atoms with van der Waals surface area (Å²) in [4.78, 5) is 17.0. The Bertz CT molecular complexity index is 1330. The van der Waals surface area contributed by atoms with Crippen LogP contribution in [0.25, 0.3) is 22.6 Å². The summed E-state index contributed by atoms with van der Waals surface area (Å²) in [6, 6.07) is 16.2. The lowest BCUT2D eigenvalue weighted by molar-refractivity contribution is 0.0977. The number of benzene rings is 3. The third-order valence-corrected chi connectivity index (χ3v) is 5.36. The zero-order chi connectivity index (χ0) is 22.8. The summed E-state index contributed by atoms with van der Waals surface area (Å²) in [5.41, 5.74) is 6.15. The number of aromatic nitrogens is 1. The van der Waals surface area contributed by atoms with Crippen LogP contribution in [0.3, 0.4) is 0 Å². The minimum Gasteiger partial charge on any atom is -0.507 e. The maximum atomic E-state index is 12.4.